The highest BCUT2D eigenvalue weighted by Gasteiger charge is 2.13. The Morgan fingerprint density at radius 1 is 0.857 bits per heavy atom. The Balaban J connectivity index is 0.000000678. The van der Waals surface area contributed by atoms with Crippen LogP contribution in [0.1, 0.15) is 48.7 Å². The first-order chi connectivity index (χ1) is 19.9. The first kappa shape index (κ1) is 38.4. The number of halogens is 2. The first-order valence-electron chi connectivity index (χ1n) is 11.8. The highest BCUT2D eigenvalue weighted by molar-refractivity contribution is 9.10. The lowest BCUT2D eigenvalue weighted by molar-refractivity contribution is 0.0510. The van der Waals surface area contributed by atoms with Crippen molar-refractivity contribution in [3.8, 4) is 0 Å². The molecule has 0 radical (unpaired) electrons. The van der Waals surface area contributed by atoms with Crippen LogP contribution in [0.3, 0.4) is 0 Å². The number of ether oxygens (including phenoxy) is 4. The summed E-state index contributed by atoms with van der Waals surface area (Å²) in [5, 5.41) is 6.88. The Morgan fingerprint density at radius 3 is 1.83 bits per heavy atom. The van der Waals surface area contributed by atoms with Crippen molar-refractivity contribution in [2.45, 2.75) is 27.7 Å². The molecule has 42 heavy (non-hydrogen) atoms. The normalized spacial score (nSPS) is 9.19. The van der Waals surface area contributed by atoms with Crippen molar-refractivity contribution in [2.24, 2.45) is 4.99 Å². The van der Waals surface area contributed by atoms with Gasteiger partial charge in [0.2, 0.25) is 0 Å². The molecule has 0 atom stereocenters. The maximum absolute atomic E-state index is 11.6. The zero-order chi connectivity index (χ0) is 32.1. The monoisotopic (exact) mass is 750 g/mol. The standard InChI is InChI=1S/C12H14BrN3O4S.C8H9BrN2O2.C4H5NO2S/c1-3-19-10(17)8-5-7(13)6-9(14-8)15-11(21)16-12(18)20-4-2;1-2-13-8(12)6-3-5(9)4-7(10)11-6;1-2-7-4(6)5-3-8/h5-6H,3-4H2,1-2H3,(H2,14,15,16,18,21);3-4H,2H2,1H3,(H2,10,11);2H2,1H3. The van der Waals surface area contributed by atoms with Gasteiger partial charge in [-0.15, -0.1) is 4.99 Å². The summed E-state index contributed by atoms with van der Waals surface area (Å²) in [4.78, 5) is 55.1. The molecule has 0 aromatic carbocycles. The maximum atomic E-state index is 11.6. The van der Waals surface area contributed by atoms with Gasteiger partial charge in [-0.25, -0.2) is 29.1 Å². The number of anilines is 2. The second-order valence-electron chi connectivity index (χ2n) is 6.79. The largest absolute Gasteiger partial charge is 0.461 e. The summed E-state index contributed by atoms with van der Waals surface area (Å²) in [5.41, 5.74) is 5.78. The molecule has 0 saturated heterocycles. The van der Waals surface area contributed by atoms with Gasteiger partial charge in [0.1, 0.15) is 11.6 Å². The fourth-order valence-corrected chi connectivity index (χ4v) is 3.45. The van der Waals surface area contributed by atoms with E-state index >= 15 is 0 Å². The Kier molecular flexibility index (Phi) is 20.2. The predicted octanol–water partition coefficient (Wildman–Crippen LogP) is 5.31. The number of hydrogen-bond acceptors (Lipinski definition) is 13. The molecule has 14 nitrogen and oxygen atoms in total. The van der Waals surface area contributed by atoms with Gasteiger partial charge in [0, 0.05) is 8.95 Å². The summed E-state index contributed by atoms with van der Waals surface area (Å²) in [7, 11) is 0. The molecule has 0 unspecified atom stereocenters. The molecule has 0 spiro atoms. The Morgan fingerprint density at radius 2 is 1.36 bits per heavy atom. The molecular formula is C24H28Br2N6O8S2. The number of aromatic nitrogens is 2. The van der Waals surface area contributed by atoms with Crippen LogP contribution in [0.5, 0.6) is 0 Å². The molecule has 2 amide bonds. The molecule has 0 fully saturated rings. The summed E-state index contributed by atoms with van der Waals surface area (Å²) < 4.78 is 20.0. The molecule has 228 valence electrons. The molecule has 0 bridgehead atoms. The topological polar surface area (TPSA) is 193 Å². The number of isothiocyanates is 1. The zero-order valence-corrected chi connectivity index (χ0v) is 27.7. The van der Waals surface area contributed by atoms with Gasteiger partial charge in [0.25, 0.3) is 0 Å². The van der Waals surface area contributed by atoms with E-state index in [1.807, 2.05) is 5.16 Å². The zero-order valence-electron chi connectivity index (χ0n) is 22.9. The van der Waals surface area contributed by atoms with Crippen molar-refractivity contribution in [3.05, 3.63) is 44.6 Å². The molecule has 0 aliphatic rings. The van der Waals surface area contributed by atoms with Crippen LogP contribution in [0.15, 0.2) is 38.2 Å². The molecule has 2 rings (SSSR count). The van der Waals surface area contributed by atoms with E-state index in [0.717, 1.165) is 0 Å². The minimum atomic E-state index is -0.678. The Hall–Kier alpha value is -3.57. The van der Waals surface area contributed by atoms with Crippen molar-refractivity contribution in [1.82, 2.24) is 15.3 Å². The van der Waals surface area contributed by atoms with Gasteiger partial charge in [-0.2, -0.15) is 0 Å². The lowest BCUT2D eigenvalue weighted by atomic mass is 10.3. The first-order valence-corrected chi connectivity index (χ1v) is 14.2. The highest BCUT2D eigenvalue weighted by Crippen LogP contribution is 2.17. The summed E-state index contributed by atoms with van der Waals surface area (Å²) in [6.07, 6.45) is -1.35. The van der Waals surface area contributed by atoms with Crippen molar-refractivity contribution >= 4 is 102 Å². The van der Waals surface area contributed by atoms with E-state index in [1.54, 1.807) is 45.9 Å². The maximum Gasteiger partial charge on any atom is 0.442 e. The molecule has 2 aromatic rings. The van der Waals surface area contributed by atoms with Crippen LogP contribution in [0.2, 0.25) is 0 Å². The SMILES string of the molecule is CCOC(=O)N=C=S.CCOC(=O)NC(=S)Nc1cc(Br)cc(C(=O)OCC)n1.CCOC(=O)c1cc(Br)cc(N)n1. The lowest BCUT2D eigenvalue weighted by Gasteiger charge is -2.10. The number of thiocarbonyl (C=S) groups is 2. The summed E-state index contributed by atoms with van der Waals surface area (Å²) in [6, 6.07) is 6.30. The Labute approximate surface area is 269 Å². The second-order valence-corrected chi connectivity index (χ2v) is 9.22. The van der Waals surface area contributed by atoms with Crippen LogP contribution in [-0.4, -0.2) is 70.8 Å². The van der Waals surface area contributed by atoms with Crippen LogP contribution in [0.4, 0.5) is 21.2 Å². The third-order valence-electron chi connectivity index (χ3n) is 3.71. The lowest BCUT2D eigenvalue weighted by Crippen LogP contribution is -2.34. The molecular weight excluding hydrogens is 724 g/mol. The number of esters is 2. The number of nitrogens with one attached hydrogen (secondary N) is 2. The minimum absolute atomic E-state index is 0.00820. The van der Waals surface area contributed by atoms with E-state index in [9.17, 15) is 19.2 Å². The van der Waals surface area contributed by atoms with Gasteiger partial charge in [-0.05, 0) is 76.4 Å². The molecule has 0 aliphatic carbocycles. The van der Waals surface area contributed by atoms with Crippen LogP contribution in [0.25, 0.3) is 0 Å². The summed E-state index contributed by atoms with van der Waals surface area (Å²) >= 11 is 15.5. The van der Waals surface area contributed by atoms with Crippen LogP contribution < -0.4 is 16.4 Å². The number of hydrogen-bond donors (Lipinski definition) is 3. The van der Waals surface area contributed by atoms with Crippen molar-refractivity contribution in [3.63, 3.8) is 0 Å². The number of aliphatic imine (C=N–C) groups is 1. The predicted molar refractivity (Wildman–Crippen MR) is 169 cm³/mol. The van der Waals surface area contributed by atoms with Gasteiger partial charge in [0.15, 0.2) is 16.5 Å². The van der Waals surface area contributed by atoms with Gasteiger partial charge < -0.3 is 30.0 Å². The van der Waals surface area contributed by atoms with E-state index in [-0.39, 0.29) is 41.3 Å². The number of pyridine rings is 2. The van der Waals surface area contributed by atoms with E-state index in [2.05, 4.69) is 79.1 Å². The number of carbonyl (C=O) groups is 4. The molecule has 0 aliphatic heterocycles. The van der Waals surface area contributed by atoms with Crippen LogP contribution >= 0.6 is 56.3 Å². The number of nitrogens with two attached hydrogens (primary N) is 1. The smallest absolute Gasteiger partial charge is 0.442 e. The van der Waals surface area contributed by atoms with E-state index in [0.29, 0.717) is 22.2 Å². The average molecular weight is 752 g/mol. The third-order valence-corrected chi connectivity index (χ3v) is 4.92. The minimum Gasteiger partial charge on any atom is -0.461 e. The van der Waals surface area contributed by atoms with Crippen molar-refractivity contribution < 1.29 is 38.1 Å². The second kappa shape index (κ2) is 22.1. The quantitative estimate of drug-likeness (QED) is 0.143. The van der Waals surface area contributed by atoms with Crippen molar-refractivity contribution in [1.29, 1.82) is 0 Å². The summed E-state index contributed by atoms with van der Waals surface area (Å²) in [6.45, 7) is 7.93. The number of amides is 2. The fraction of sp³-hybridized carbons (Fsp3) is 0.333. The molecule has 2 aromatic heterocycles. The van der Waals surface area contributed by atoms with E-state index in [1.165, 1.54) is 6.07 Å². The number of nitrogen functional groups attached to an aromatic ring is 1. The van der Waals surface area contributed by atoms with Gasteiger partial charge >= 0.3 is 24.1 Å². The number of carbonyl (C=O) groups excluding carboxylic acids is 4. The fourth-order valence-electron chi connectivity index (χ4n) is 2.30. The third kappa shape index (κ3) is 17.3. The van der Waals surface area contributed by atoms with E-state index in [4.69, 9.17) is 27.4 Å². The molecule has 2 heterocycles. The molecule has 0 saturated carbocycles. The highest BCUT2D eigenvalue weighted by atomic mass is 79.9. The number of nitrogens with zero attached hydrogens (tertiary/aromatic N) is 3. The van der Waals surface area contributed by atoms with Crippen molar-refractivity contribution in [2.75, 3.05) is 37.5 Å². The Bertz CT molecular complexity index is 1280. The number of rotatable bonds is 7. The number of alkyl carbamates (subject to hydrolysis) is 1. The summed E-state index contributed by atoms with van der Waals surface area (Å²) in [5.74, 6) is -0.437. The van der Waals surface area contributed by atoms with Gasteiger partial charge in [0.05, 0.1) is 31.6 Å². The van der Waals surface area contributed by atoms with Gasteiger partial charge in [-0.1, -0.05) is 31.9 Å². The van der Waals surface area contributed by atoms with E-state index < -0.39 is 24.1 Å². The molecule has 18 heteroatoms. The van der Waals surface area contributed by atoms with Crippen LogP contribution in [-0.2, 0) is 18.9 Å². The molecule has 4 N–H and O–H groups in total. The van der Waals surface area contributed by atoms with Gasteiger partial charge in [-0.3, -0.25) is 5.32 Å². The average Bonchev–Trinajstić information content (AvgIpc) is 2.89. The van der Waals surface area contributed by atoms with Crippen LogP contribution in [0, 0.1) is 0 Å².